The van der Waals surface area contributed by atoms with E-state index in [4.69, 9.17) is 0 Å². The highest BCUT2D eigenvalue weighted by molar-refractivity contribution is 5.51. The number of aryl methyl sites for hydroxylation is 4. The van der Waals surface area contributed by atoms with Gasteiger partial charge >= 0.3 is 0 Å². The standard InChI is InChI=1S/C26H29NO/c1-18(2)27-25(22-6-4-3-5-7-22)24-21-14-12-19-8-10-20(11-9-19)13-15-23(17-16-21)26(24)28/h3-11,16-18,25,27-28H,12-15H2,1-2H3. The van der Waals surface area contributed by atoms with Crippen LogP contribution < -0.4 is 5.32 Å². The molecule has 0 aliphatic heterocycles. The van der Waals surface area contributed by atoms with Gasteiger partial charge in [-0.1, -0.05) is 66.7 Å². The van der Waals surface area contributed by atoms with Crippen molar-refractivity contribution in [2.24, 2.45) is 0 Å². The molecule has 0 amide bonds. The molecular formula is C26H29NO. The first-order valence-electron chi connectivity index (χ1n) is 10.3. The molecule has 28 heavy (non-hydrogen) atoms. The second-order valence-electron chi connectivity index (χ2n) is 8.13. The molecule has 2 heteroatoms. The Kier molecular flexibility index (Phi) is 5.50. The topological polar surface area (TPSA) is 32.3 Å². The molecule has 2 N–H and O–H groups in total. The van der Waals surface area contributed by atoms with E-state index in [2.05, 4.69) is 79.8 Å². The highest BCUT2D eigenvalue weighted by Crippen LogP contribution is 2.37. The Hall–Kier alpha value is -2.58. The van der Waals surface area contributed by atoms with Crippen molar-refractivity contribution in [2.75, 3.05) is 0 Å². The zero-order valence-electron chi connectivity index (χ0n) is 16.8. The Morgan fingerprint density at radius 3 is 1.89 bits per heavy atom. The third-order valence-electron chi connectivity index (χ3n) is 5.70. The van der Waals surface area contributed by atoms with Crippen molar-refractivity contribution in [3.05, 3.63) is 100 Å². The van der Waals surface area contributed by atoms with Crippen LogP contribution in [0.25, 0.3) is 0 Å². The molecule has 0 aromatic heterocycles. The smallest absolute Gasteiger partial charge is 0.124 e. The molecule has 0 spiro atoms. The molecule has 0 saturated carbocycles. The van der Waals surface area contributed by atoms with Gasteiger partial charge in [0.25, 0.3) is 0 Å². The van der Waals surface area contributed by atoms with E-state index >= 15 is 0 Å². The molecule has 1 unspecified atom stereocenters. The Bertz CT molecular complexity index is 929. The highest BCUT2D eigenvalue weighted by Gasteiger charge is 2.24. The lowest BCUT2D eigenvalue weighted by Crippen LogP contribution is -2.30. The predicted molar refractivity (Wildman–Crippen MR) is 116 cm³/mol. The number of phenolic OH excluding ortho intramolecular Hbond substituents is 1. The molecule has 144 valence electrons. The van der Waals surface area contributed by atoms with Gasteiger partial charge in [-0.25, -0.2) is 0 Å². The van der Waals surface area contributed by atoms with Crippen LogP contribution in [0, 0.1) is 0 Å². The zero-order valence-corrected chi connectivity index (χ0v) is 16.8. The average molecular weight is 372 g/mol. The van der Waals surface area contributed by atoms with E-state index in [1.54, 1.807) is 0 Å². The number of nitrogens with one attached hydrogen (secondary N) is 1. The second kappa shape index (κ2) is 8.20. The van der Waals surface area contributed by atoms with E-state index in [0.717, 1.165) is 36.8 Å². The number of rotatable bonds is 4. The number of hydrogen-bond acceptors (Lipinski definition) is 2. The summed E-state index contributed by atoms with van der Waals surface area (Å²) in [7, 11) is 0. The lowest BCUT2D eigenvalue weighted by molar-refractivity contribution is 0.441. The summed E-state index contributed by atoms with van der Waals surface area (Å²) in [6.45, 7) is 4.33. The predicted octanol–water partition coefficient (Wildman–Crippen LogP) is 5.36. The van der Waals surface area contributed by atoms with Crippen molar-refractivity contribution in [3.63, 3.8) is 0 Å². The van der Waals surface area contributed by atoms with Gasteiger partial charge in [0.15, 0.2) is 0 Å². The maximum absolute atomic E-state index is 11.3. The minimum atomic E-state index is -0.0139. The van der Waals surface area contributed by atoms with Crippen LogP contribution in [-0.4, -0.2) is 11.1 Å². The number of aromatic hydroxyl groups is 1. The SMILES string of the molecule is CC(C)NC(c1ccccc1)c1c2ccc(c1O)CCc1ccc(cc1)CC2. The fraction of sp³-hybridized carbons (Fsp3) is 0.308. The van der Waals surface area contributed by atoms with Crippen molar-refractivity contribution < 1.29 is 5.11 Å². The largest absolute Gasteiger partial charge is 0.507 e. The third kappa shape index (κ3) is 3.98. The van der Waals surface area contributed by atoms with Gasteiger partial charge in [0.1, 0.15) is 5.75 Å². The molecule has 4 bridgehead atoms. The molecular weight excluding hydrogens is 342 g/mol. The quantitative estimate of drug-likeness (QED) is 0.647. The maximum Gasteiger partial charge on any atom is 0.124 e. The lowest BCUT2D eigenvalue weighted by atomic mass is 9.87. The molecule has 7 rings (SSSR count). The molecule has 0 radical (unpaired) electrons. The molecule has 1 atom stereocenters. The van der Waals surface area contributed by atoms with Crippen molar-refractivity contribution in [1.82, 2.24) is 5.32 Å². The van der Waals surface area contributed by atoms with Crippen molar-refractivity contribution in [3.8, 4) is 5.75 Å². The van der Waals surface area contributed by atoms with Gasteiger partial charge in [0.2, 0.25) is 0 Å². The summed E-state index contributed by atoms with van der Waals surface area (Å²) in [5, 5.41) is 15.0. The van der Waals surface area contributed by atoms with E-state index in [0.29, 0.717) is 11.8 Å². The van der Waals surface area contributed by atoms with Gasteiger partial charge in [-0.3, -0.25) is 0 Å². The fourth-order valence-electron chi connectivity index (χ4n) is 4.19. The normalized spacial score (nSPS) is 14.7. The maximum atomic E-state index is 11.3. The Labute approximate surface area is 168 Å². The number of benzene rings is 3. The highest BCUT2D eigenvalue weighted by atomic mass is 16.3. The molecule has 3 aromatic rings. The van der Waals surface area contributed by atoms with E-state index in [9.17, 15) is 5.11 Å². The van der Waals surface area contributed by atoms with Gasteiger partial charge < -0.3 is 10.4 Å². The molecule has 0 fully saturated rings. The van der Waals surface area contributed by atoms with Gasteiger partial charge in [-0.05, 0) is 67.3 Å². The van der Waals surface area contributed by atoms with Crippen LogP contribution in [0.1, 0.15) is 53.3 Å². The van der Waals surface area contributed by atoms with Crippen LogP contribution in [-0.2, 0) is 25.7 Å². The van der Waals surface area contributed by atoms with Crippen molar-refractivity contribution >= 4 is 0 Å². The number of phenols is 1. The van der Waals surface area contributed by atoms with Crippen LogP contribution in [0.5, 0.6) is 5.75 Å². The minimum absolute atomic E-state index is 0.0139. The number of hydrogen-bond donors (Lipinski definition) is 2. The first-order valence-corrected chi connectivity index (χ1v) is 10.3. The summed E-state index contributed by atoms with van der Waals surface area (Å²) in [4.78, 5) is 0. The molecule has 4 aliphatic carbocycles. The fourth-order valence-corrected chi connectivity index (χ4v) is 4.19. The summed E-state index contributed by atoms with van der Waals surface area (Å²) >= 11 is 0. The van der Waals surface area contributed by atoms with Gasteiger partial charge in [0, 0.05) is 11.6 Å². The summed E-state index contributed by atoms with van der Waals surface area (Å²) in [5.74, 6) is 0.467. The third-order valence-corrected chi connectivity index (χ3v) is 5.70. The first kappa shape index (κ1) is 18.8. The van der Waals surface area contributed by atoms with Crippen molar-refractivity contribution in [1.29, 1.82) is 0 Å². The van der Waals surface area contributed by atoms with Crippen molar-refractivity contribution in [2.45, 2.75) is 51.6 Å². The van der Waals surface area contributed by atoms with Crippen LogP contribution in [0.2, 0.25) is 0 Å². The van der Waals surface area contributed by atoms with E-state index in [-0.39, 0.29) is 6.04 Å². The van der Waals surface area contributed by atoms with E-state index < -0.39 is 0 Å². The van der Waals surface area contributed by atoms with Gasteiger partial charge in [0.05, 0.1) is 6.04 Å². The first-order chi connectivity index (χ1) is 13.6. The van der Waals surface area contributed by atoms with Crippen LogP contribution >= 0.6 is 0 Å². The zero-order chi connectivity index (χ0) is 19.5. The van der Waals surface area contributed by atoms with Gasteiger partial charge in [-0.2, -0.15) is 0 Å². The monoisotopic (exact) mass is 371 g/mol. The van der Waals surface area contributed by atoms with Crippen LogP contribution in [0.4, 0.5) is 0 Å². The molecule has 0 saturated heterocycles. The molecule has 3 aromatic carbocycles. The summed E-state index contributed by atoms with van der Waals surface area (Å²) in [6.07, 6.45) is 3.70. The van der Waals surface area contributed by atoms with E-state index in [1.165, 1.54) is 22.3 Å². The Morgan fingerprint density at radius 1 is 0.714 bits per heavy atom. The van der Waals surface area contributed by atoms with Crippen LogP contribution in [0.15, 0.2) is 66.7 Å². The minimum Gasteiger partial charge on any atom is -0.507 e. The van der Waals surface area contributed by atoms with Gasteiger partial charge in [-0.15, -0.1) is 0 Å². The Balaban J connectivity index is 1.83. The van der Waals surface area contributed by atoms with E-state index in [1.807, 2.05) is 6.07 Å². The molecule has 4 aliphatic rings. The lowest BCUT2D eigenvalue weighted by Gasteiger charge is -2.27. The van der Waals surface area contributed by atoms with Crippen LogP contribution in [0.3, 0.4) is 0 Å². The summed E-state index contributed by atoms with van der Waals surface area (Å²) < 4.78 is 0. The summed E-state index contributed by atoms with van der Waals surface area (Å²) in [6, 6.07) is 24.1. The molecule has 2 nitrogen and oxygen atoms in total. The average Bonchev–Trinajstić information content (AvgIpc) is 2.70. The summed E-state index contributed by atoms with van der Waals surface area (Å²) in [5.41, 5.74) is 7.19. The Morgan fingerprint density at radius 2 is 1.29 bits per heavy atom. The molecule has 0 heterocycles. The second-order valence-corrected chi connectivity index (χ2v) is 8.13.